The summed E-state index contributed by atoms with van der Waals surface area (Å²) in [6, 6.07) is 14.5. The summed E-state index contributed by atoms with van der Waals surface area (Å²) >= 11 is 0. The van der Waals surface area contributed by atoms with Gasteiger partial charge in [0.25, 0.3) is 11.8 Å². The fourth-order valence-electron chi connectivity index (χ4n) is 1.70. The fraction of sp³-hybridized carbons (Fsp3) is 0.0625. The summed E-state index contributed by atoms with van der Waals surface area (Å²) in [7, 11) is 1.53. The van der Waals surface area contributed by atoms with Crippen LogP contribution in [-0.2, 0) is 0 Å². The van der Waals surface area contributed by atoms with Crippen molar-refractivity contribution in [3.05, 3.63) is 65.2 Å². The summed E-state index contributed by atoms with van der Waals surface area (Å²) < 4.78 is 5.00. The topological polar surface area (TPSA) is 91.2 Å². The molecule has 0 spiro atoms. The molecule has 110 valence electrons. The third-order valence-corrected chi connectivity index (χ3v) is 2.92. The molecule has 0 fully saturated rings. The van der Waals surface area contributed by atoms with E-state index in [1.54, 1.807) is 24.3 Å². The van der Waals surface area contributed by atoms with E-state index in [0.717, 1.165) is 0 Å². The normalized spacial score (nSPS) is 9.45. The van der Waals surface area contributed by atoms with Crippen LogP contribution in [0.2, 0.25) is 0 Å². The van der Waals surface area contributed by atoms with Crippen LogP contribution in [0.1, 0.15) is 26.3 Å². The number of hydrazine groups is 1. The number of rotatable bonds is 3. The summed E-state index contributed by atoms with van der Waals surface area (Å²) in [5, 5.41) is 8.69. The molecule has 0 atom stereocenters. The lowest BCUT2D eigenvalue weighted by molar-refractivity contribution is 0.0846. The molecule has 22 heavy (non-hydrogen) atoms. The number of benzene rings is 2. The summed E-state index contributed by atoms with van der Waals surface area (Å²) in [6.45, 7) is 0. The number of amides is 2. The molecule has 0 saturated heterocycles. The van der Waals surface area contributed by atoms with Gasteiger partial charge in [0, 0.05) is 11.1 Å². The molecule has 0 aliphatic heterocycles. The Bertz CT molecular complexity index is 716. The molecule has 0 heterocycles. The molecule has 2 N–H and O–H groups in total. The Morgan fingerprint density at radius 3 is 1.77 bits per heavy atom. The molecule has 2 aromatic rings. The highest BCUT2D eigenvalue weighted by Crippen LogP contribution is 2.10. The van der Waals surface area contributed by atoms with Gasteiger partial charge < -0.3 is 4.74 Å². The van der Waals surface area contributed by atoms with E-state index < -0.39 is 11.8 Å². The average molecular weight is 295 g/mol. The van der Waals surface area contributed by atoms with Gasteiger partial charge in [0.05, 0.1) is 18.7 Å². The number of methoxy groups -OCH3 is 1. The molecule has 6 nitrogen and oxygen atoms in total. The summed E-state index contributed by atoms with van der Waals surface area (Å²) in [5.74, 6) is -0.269. The minimum absolute atomic E-state index is 0.342. The number of nitriles is 1. The first kappa shape index (κ1) is 15.1. The van der Waals surface area contributed by atoms with Crippen molar-refractivity contribution in [3.8, 4) is 11.8 Å². The van der Waals surface area contributed by atoms with E-state index in [1.807, 2.05) is 6.07 Å². The van der Waals surface area contributed by atoms with Crippen LogP contribution in [0.3, 0.4) is 0 Å². The maximum Gasteiger partial charge on any atom is 0.269 e. The molecule has 0 radical (unpaired) electrons. The fourth-order valence-corrected chi connectivity index (χ4v) is 1.70. The van der Waals surface area contributed by atoms with E-state index in [2.05, 4.69) is 10.9 Å². The van der Waals surface area contributed by atoms with Gasteiger partial charge in [-0.2, -0.15) is 5.26 Å². The van der Waals surface area contributed by atoms with Crippen LogP contribution in [0.4, 0.5) is 0 Å². The number of carbonyl (C=O) groups is 2. The van der Waals surface area contributed by atoms with E-state index in [1.165, 1.54) is 31.4 Å². The first-order valence-corrected chi connectivity index (χ1v) is 6.39. The Morgan fingerprint density at radius 2 is 1.36 bits per heavy atom. The van der Waals surface area contributed by atoms with Crippen molar-refractivity contribution in [1.82, 2.24) is 10.9 Å². The third kappa shape index (κ3) is 3.61. The predicted octanol–water partition coefficient (Wildman–Crippen LogP) is 1.64. The molecule has 2 aromatic carbocycles. The quantitative estimate of drug-likeness (QED) is 0.842. The van der Waals surface area contributed by atoms with E-state index >= 15 is 0 Å². The van der Waals surface area contributed by atoms with Crippen LogP contribution in [0.15, 0.2) is 48.5 Å². The Morgan fingerprint density at radius 1 is 0.909 bits per heavy atom. The summed E-state index contributed by atoms with van der Waals surface area (Å²) in [4.78, 5) is 23.7. The second-order valence-corrected chi connectivity index (χ2v) is 4.33. The number of nitrogens with one attached hydrogen (secondary N) is 2. The van der Waals surface area contributed by atoms with Gasteiger partial charge in [-0.3, -0.25) is 20.4 Å². The Kier molecular flexibility index (Phi) is 4.73. The number of nitrogens with zero attached hydrogens (tertiary/aromatic N) is 1. The van der Waals surface area contributed by atoms with Crippen molar-refractivity contribution < 1.29 is 14.3 Å². The van der Waals surface area contributed by atoms with Gasteiger partial charge in [-0.25, -0.2) is 0 Å². The lowest BCUT2D eigenvalue weighted by atomic mass is 10.1. The summed E-state index contributed by atoms with van der Waals surface area (Å²) in [5.41, 5.74) is 5.82. The Labute approximate surface area is 127 Å². The highest BCUT2D eigenvalue weighted by molar-refractivity contribution is 5.99. The zero-order chi connectivity index (χ0) is 15.9. The van der Waals surface area contributed by atoms with Crippen molar-refractivity contribution in [2.24, 2.45) is 0 Å². The van der Waals surface area contributed by atoms with Gasteiger partial charge in [-0.15, -0.1) is 0 Å². The van der Waals surface area contributed by atoms with Crippen LogP contribution < -0.4 is 15.6 Å². The highest BCUT2D eigenvalue weighted by Gasteiger charge is 2.09. The summed E-state index contributed by atoms with van der Waals surface area (Å²) in [6.07, 6.45) is 0. The first-order valence-electron chi connectivity index (χ1n) is 6.39. The number of ether oxygens (including phenoxy) is 1. The highest BCUT2D eigenvalue weighted by atomic mass is 16.5. The van der Waals surface area contributed by atoms with Crippen molar-refractivity contribution >= 4 is 11.8 Å². The molecule has 0 aliphatic rings. The van der Waals surface area contributed by atoms with Crippen LogP contribution in [0, 0.1) is 11.3 Å². The lowest BCUT2D eigenvalue weighted by Gasteiger charge is -2.08. The van der Waals surface area contributed by atoms with E-state index in [4.69, 9.17) is 10.00 Å². The monoisotopic (exact) mass is 295 g/mol. The van der Waals surface area contributed by atoms with Crippen molar-refractivity contribution in [3.63, 3.8) is 0 Å². The molecule has 0 bridgehead atoms. The van der Waals surface area contributed by atoms with Crippen LogP contribution >= 0.6 is 0 Å². The lowest BCUT2D eigenvalue weighted by Crippen LogP contribution is -2.41. The second kappa shape index (κ2) is 6.90. The minimum atomic E-state index is -0.466. The molecule has 6 heteroatoms. The van der Waals surface area contributed by atoms with Gasteiger partial charge in [-0.05, 0) is 48.5 Å². The first-order chi connectivity index (χ1) is 10.6. The van der Waals surface area contributed by atoms with Crippen molar-refractivity contribution in [2.45, 2.75) is 0 Å². The maximum atomic E-state index is 11.9. The number of carbonyl (C=O) groups excluding carboxylic acids is 2. The Balaban J connectivity index is 1.94. The minimum Gasteiger partial charge on any atom is -0.497 e. The number of hydrogen-bond acceptors (Lipinski definition) is 4. The van der Waals surface area contributed by atoms with Gasteiger partial charge in [0.15, 0.2) is 0 Å². The molecule has 2 amide bonds. The largest absolute Gasteiger partial charge is 0.497 e. The molecule has 0 aromatic heterocycles. The van der Waals surface area contributed by atoms with Crippen LogP contribution in [-0.4, -0.2) is 18.9 Å². The zero-order valence-electron chi connectivity index (χ0n) is 11.8. The van der Waals surface area contributed by atoms with Gasteiger partial charge in [0.1, 0.15) is 5.75 Å². The molecular formula is C16H13N3O3. The van der Waals surface area contributed by atoms with Gasteiger partial charge >= 0.3 is 0 Å². The van der Waals surface area contributed by atoms with E-state index in [9.17, 15) is 9.59 Å². The van der Waals surface area contributed by atoms with Crippen LogP contribution in [0.5, 0.6) is 5.75 Å². The molecule has 2 rings (SSSR count). The molecular weight excluding hydrogens is 282 g/mol. The second-order valence-electron chi connectivity index (χ2n) is 4.33. The average Bonchev–Trinajstić information content (AvgIpc) is 2.59. The molecule has 0 aliphatic carbocycles. The Hall–Kier alpha value is -3.33. The maximum absolute atomic E-state index is 11.9. The van der Waals surface area contributed by atoms with Gasteiger partial charge in [0.2, 0.25) is 0 Å². The van der Waals surface area contributed by atoms with E-state index in [0.29, 0.717) is 22.4 Å². The third-order valence-electron chi connectivity index (χ3n) is 2.92. The van der Waals surface area contributed by atoms with Crippen molar-refractivity contribution in [1.29, 1.82) is 5.26 Å². The SMILES string of the molecule is COc1ccc(C(=O)NNC(=O)c2ccc(C#N)cc2)cc1. The zero-order valence-corrected chi connectivity index (χ0v) is 11.8. The van der Waals surface area contributed by atoms with Crippen molar-refractivity contribution in [2.75, 3.05) is 7.11 Å². The number of hydrogen-bond donors (Lipinski definition) is 2. The predicted molar refractivity (Wildman–Crippen MR) is 79.1 cm³/mol. The van der Waals surface area contributed by atoms with Crippen LogP contribution in [0.25, 0.3) is 0 Å². The molecule has 0 saturated carbocycles. The smallest absolute Gasteiger partial charge is 0.269 e. The molecule has 0 unspecified atom stereocenters. The van der Waals surface area contributed by atoms with Gasteiger partial charge in [-0.1, -0.05) is 0 Å². The van der Waals surface area contributed by atoms with E-state index in [-0.39, 0.29) is 0 Å². The standard InChI is InChI=1S/C16H13N3O3/c1-22-14-8-6-13(7-9-14)16(21)19-18-15(20)12-4-2-11(10-17)3-5-12/h2-9H,1H3,(H,18,20)(H,19,21).